The Hall–Kier alpha value is -3.88. The topological polar surface area (TPSA) is 239 Å². The molecule has 0 aromatic heterocycles. The molecular weight excluding hydrogens is 851 g/mol. The Bertz CT molecular complexity index is 2120. The third-order valence-corrected chi connectivity index (χ3v) is 13.2. The molecule has 2 saturated heterocycles. The molecule has 8 rings (SSSR count). The lowest BCUT2D eigenvalue weighted by molar-refractivity contribution is -0.277. The van der Waals surface area contributed by atoms with Crippen molar-refractivity contribution in [1.29, 1.82) is 0 Å². The van der Waals surface area contributed by atoms with Crippen LogP contribution < -0.4 is 19.3 Å². The van der Waals surface area contributed by atoms with Crippen LogP contribution in [0.2, 0.25) is 0 Å². The molecule has 4 heterocycles. The first kappa shape index (κ1) is 44.7. The van der Waals surface area contributed by atoms with Crippen LogP contribution in [0.3, 0.4) is 0 Å². The number of halogens is 2. The minimum Gasteiger partial charge on any atom is -0.461 e. The normalized spacial score (nSPS) is 30.7. The summed E-state index contributed by atoms with van der Waals surface area (Å²) in [6.45, 7) is -0.643. The molecule has 0 bridgehead atoms. The fraction of sp³-hybridized carbons (Fsp3) is 0.500. The molecule has 12 atom stereocenters. The monoisotopic (exact) mass is 900 g/mol. The van der Waals surface area contributed by atoms with E-state index in [-0.39, 0.29) is 59.8 Å². The van der Waals surface area contributed by atoms with E-state index in [1.54, 1.807) is 34.1 Å². The fourth-order valence-electron chi connectivity index (χ4n) is 9.15. The Labute approximate surface area is 366 Å². The Morgan fingerprint density at radius 2 is 0.952 bits per heavy atom. The standard InChI is InChI=1S/C44H50Cl2N2O14/c45-15-21-17-47(27-13-29(23-7-1-3-9-25(23)35(21)27)59-43-41(57)39(55)37(53)31(19-49)61-43)33(51)11-5-6-12-34(52)48-18-22(16-46)36-26-10-4-2-8-24(26)30(14-28(36)48)60-44-42(58)40(56)38(54)32(20-50)62-44/h1-4,7-10,13-14,21-22,31-32,37-44,49-50,53-58H,5-6,11-12,15-20H2/t21-,22-,31-,32-,37+,38+,39+,40+,41-,42-,43-,44-/m1/s1. The highest BCUT2D eigenvalue weighted by atomic mass is 35.5. The minimum absolute atomic E-state index is 0.111. The number of benzene rings is 4. The van der Waals surface area contributed by atoms with Crippen molar-refractivity contribution in [3.05, 3.63) is 71.8 Å². The van der Waals surface area contributed by atoms with Crippen molar-refractivity contribution in [3.8, 4) is 11.5 Å². The van der Waals surface area contributed by atoms with Gasteiger partial charge >= 0.3 is 0 Å². The lowest BCUT2D eigenvalue weighted by atomic mass is 9.95. The van der Waals surface area contributed by atoms with Crippen molar-refractivity contribution in [1.82, 2.24) is 0 Å². The van der Waals surface area contributed by atoms with Gasteiger partial charge in [0.1, 0.15) is 60.3 Å². The summed E-state index contributed by atoms with van der Waals surface area (Å²) < 4.78 is 23.5. The molecule has 0 saturated carbocycles. The number of nitrogens with zero attached hydrogens (tertiary/aromatic N) is 2. The number of fused-ring (bicyclic) bond motifs is 6. The van der Waals surface area contributed by atoms with Gasteiger partial charge in [-0.05, 0) is 34.7 Å². The molecule has 2 amide bonds. The molecule has 16 nitrogen and oxygen atoms in total. The van der Waals surface area contributed by atoms with Crippen molar-refractivity contribution < 1.29 is 69.4 Å². The van der Waals surface area contributed by atoms with Gasteiger partial charge in [-0.25, -0.2) is 0 Å². The molecular formula is C44H50Cl2N2O14. The van der Waals surface area contributed by atoms with Crippen molar-refractivity contribution >= 4 is 67.9 Å². The van der Waals surface area contributed by atoms with E-state index in [1.165, 1.54) is 0 Å². The van der Waals surface area contributed by atoms with Crippen molar-refractivity contribution in [2.45, 2.75) is 98.9 Å². The zero-order chi connectivity index (χ0) is 44.0. The third kappa shape index (κ3) is 8.10. The van der Waals surface area contributed by atoms with Gasteiger partial charge in [-0.1, -0.05) is 48.5 Å². The number of rotatable bonds is 13. The molecule has 8 N–H and O–H groups in total. The second-order valence-electron chi connectivity index (χ2n) is 16.3. The Morgan fingerprint density at radius 1 is 0.581 bits per heavy atom. The molecule has 0 radical (unpaired) electrons. The number of unbranched alkanes of at least 4 members (excludes halogenated alkanes) is 1. The highest BCUT2D eigenvalue weighted by Gasteiger charge is 2.47. The maximum atomic E-state index is 14.0. The number of hydrogen-bond acceptors (Lipinski definition) is 14. The van der Waals surface area contributed by atoms with Crippen LogP contribution in [0, 0.1) is 0 Å². The third-order valence-electron chi connectivity index (χ3n) is 12.4. The second kappa shape index (κ2) is 18.7. The smallest absolute Gasteiger partial charge is 0.229 e. The summed E-state index contributed by atoms with van der Waals surface area (Å²) >= 11 is 13.0. The number of aliphatic hydroxyl groups is 8. The van der Waals surface area contributed by atoms with Gasteiger partial charge in [0.2, 0.25) is 24.4 Å². The number of alkyl halides is 2. The lowest BCUT2D eigenvalue weighted by Crippen LogP contribution is -2.60. The van der Waals surface area contributed by atoms with Gasteiger partial charge < -0.3 is 69.6 Å². The van der Waals surface area contributed by atoms with E-state index in [9.17, 15) is 50.4 Å². The number of amides is 2. The summed E-state index contributed by atoms with van der Waals surface area (Å²) in [4.78, 5) is 31.3. The van der Waals surface area contributed by atoms with Crippen molar-refractivity contribution in [3.63, 3.8) is 0 Å². The van der Waals surface area contributed by atoms with Gasteiger partial charge in [0.05, 0.1) is 24.6 Å². The average Bonchev–Trinajstić information content (AvgIpc) is 3.87. The summed E-state index contributed by atoms with van der Waals surface area (Å²) in [6.07, 6.45) is -13.9. The quantitative estimate of drug-likeness (QED) is 0.0708. The van der Waals surface area contributed by atoms with Gasteiger partial charge in [0.25, 0.3) is 0 Å². The minimum atomic E-state index is -1.64. The molecule has 4 aliphatic rings. The number of ether oxygens (including phenoxy) is 4. The van der Waals surface area contributed by atoms with E-state index in [0.29, 0.717) is 48.1 Å². The predicted octanol–water partition coefficient (Wildman–Crippen LogP) is 1.95. The predicted molar refractivity (Wildman–Crippen MR) is 227 cm³/mol. The lowest BCUT2D eigenvalue weighted by Gasteiger charge is -2.39. The van der Waals surface area contributed by atoms with E-state index in [1.807, 2.05) is 36.4 Å². The van der Waals surface area contributed by atoms with Crippen LogP contribution in [0.25, 0.3) is 21.5 Å². The van der Waals surface area contributed by atoms with E-state index in [0.717, 1.165) is 21.9 Å². The summed E-state index contributed by atoms with van der Waals surface area (Å²) in [5.41, 5.74) is 2.82. The van der Waals surface area contributed by atoms with Crippen LogP contribution in [0.15, 0.2) is 60.7 Å². The van der Waals surface area contributed by atoms with Crippen LogP contribution in [-0.2, 0) is 19.1 Å². The maximum absolute atomic E-state index is 14.0. The van der Waals surface area contributed by atoms with E-state index in [2.05, 4.69) is 0 Å². The Morgan fingerprint density at radius 3 is 1.31 bits per heavy atom. The van der Waals surface area contributed by atoms with Gasteiger partial charge in [-0.3, -0.25) is 9.59 Å². The Balaban J connectivity index is 0.977. The molecule has 0 unspecified atom stereocenters. The Kier molecular flexibility index (Phi) is 13.5. The first-order chi connectivity index (χ1) is 29.9. The van der Waals surface area contributed by atoms with Crippen LogP contribution >= 0.6 is 23.2 Å². The highest BCUT2D eigenvalue weighted by molar-refractivity contribution is 6.19. The molecule has 4 aromatic rings. The molecule has 18 heteroatoms. The number of carbonyl (C=O) groups excluding carboxylic acids is 2. The molecule has 2 fully saturated rings. The zero-order valence-electron chi connectivity index (χ0n) is 33.5. The van der Waals surface area contributed by atoms with Crippen LogP contribution in [0.5, 0.6) is 11.5 Å². The molecule has 62 heavy (non-hydrogen) atoms. The first-order valence-corrected chi connectivity index (χ1v) is 21.8. The number of hydrogen-bond donors (Lipinski definition) is 8. The maximum Gasteiger partial charge on any atom is 0.229 e. The highest BCUT2D eigenvalue weighted by Crippen LogP contribution is 2.48. The molecule has 4 aromatic carbocycles. The SMILES string of the molecule is O=C(CCCCC(=O)N1C[C@@H](CCl)c2c1cc(O[C@@H]1O[C@H](CO)[C@H](O)[C@H](O)[C@H]1O)c1ccccc21)N1C[C@@H](CCl)c2c1cc(O[C@@H]1O[C@H](CO)[C@H](O)[C@H](O)[C@H]1O)c1ccccc21. The van der Waals surface area contributed by atoms with Gasteiger partial charge in [-0.15, -0.1) is 23.2 Å². The zero-order valence-corrected chi connectivity index (χ0v) is 35.0. The largest absolute Gasteiger partial charge is 0.461 e. The number of anilines is 2. The number of carbonyl (C=O) groups is 2. The molecule has 0 aliphatic carbocycles. The van der Waals surface area contributed by atoms with Crippen LogP contribution in [0.1, 0.15) is 48.6 Å². The van der Waals surface area contributed by atoms with Gasteiger partial charge in [-0.2, -0.15) is 0 Å². The van der Waals surface area contributed by atoms with Crippen LogP contribution in [0.4, 0.5) is 11.4 Å². The fourth-order valence-corrected chi connectivity index (χ4v) is 9.65. The van der Waals surface area contributed by atoms with Crippen molar-refractivity contribution in [2.24, 2.45) is 0 Å². The molecule has 0 spiro atoms. The first-order valence-electron chi connectivity index (χ1n) is 20.7. The van der Waals surface area contributed by atoms with E-state index >= 15 is 0 Å². The average molecular weight is 902 g/mol. The summed E-state index contributed by atoms with van der Waals surface area (Å²) in [5, 5.41) is 85.1. The van der Waals surface area contributed by atoms with E-state index < -0.39 is 74.6 Å². The second-order valence-corrected chi connectivity index (χ2v) is 16.9. The summed E-state index contributed by atoms with van der Waals surface area (Å²) in [5.74, 6) is 0.140. The molecule has 334 valence electrons. The summed E-state index contributed by atoms with van der Waals surface area (Å²) in [6, 6.07) is 18.0. The van der Waals surface area contributed by atoms with E-state index in [4.69, 9.17) is 42.1 Å². The summed E-state index contributed by atoms with van der Waals surface area (Å²) in [7, 11) is 0. The number of aliphatic hydroxyl groups excluding tert-OH is 8. The van der Waals surface area contributed by atoms with Crippen molar-refractivity contribution in [2.75, 3.05) is 47.9 Å². The van der Waals surface area contributed by atoms with Crippen LogP contribution in [-0.4, -0.2) is 152 Å². The van der Waals surface area contributed by atoms with Gasteiger partial charge in [0.15, 0.2) is 0 Å². The van der Waals surface area contributed by atoms with Gasteiger partial charge in [0, 0.05) is 72.4 Å². The molecule has 4 aliphatic heterocycles.